The van der Waals surface area contributed by atoms with Gasteiger partial charge in [-0.2, -0.15) is 0 Å². The third-order valence-corrected chi connectivity index (χ3v) is 2.36. The lowest BCUT2D eigenvalue weighted by atomic mass is 10.2. The SMILES string of the molecule is CC(=O)Nc1cc(NC(=O)c2ccccc2)ccn1. The Morgan fingerprint density at radius 3 is 2.47 bits per heavy atom. The molecule has 1 aromatic heterocycles. The molecule has 19 heavy (non-hydrogen) atoms. The van der Waals surface area contributed by atoms with Crippen molar-refractivity contribution in [3.8, 4) is 0 Å². The van der Waals surface area contributed by atoms with E-state index in [2.05, 4.69) is 15.6 Å². The molecule has 0 saturated carbocycles. The average molecular weight is 255 g/mol. The number of rotatable bonds is 3. The standard InChI is InChI=1S/C14H13N3O2/c1-10(18)16-13-9-12(7-8-15-13)17-14(19)11-5-3-2-4-6-11/h2-9H,1H3,(H2,15,16,17,18,19). The third-order valence-electron chi connectivity index (χ3n) is 2.36. The van der Waals surface area contributed by atoms with Crippen LogP contribution in [0.15, 0.2) is 48.7 Å². The summed E-state index contributed by atoms with van der Waals surface area (Å²) < 4.78 is 0. The van der Waals surface area contributed by atoms with E-state index in [1.807, 2.05) is 6.07 Å². The highest BCUT2D eigenvalue weighted by Gasteiger charge is 2.06. The van der Waals surface area contributed by atoms with Gasteiger partial charge < -0.3 is 10.6 Å². The van der Waals surface area contributed by atoms with Crippen molar-refractivity contribution >= 4 is 23.3 Å². The van der Waals surface area contributed by atoms with Crippen molar-refractivity contribution in [2.45, 2.75) is 6.92 Å². The first-order valence-electron chi connectivity index (χ1n) is 5.75. The van der Waals surface area contributed by atoms with E-state index in [1.165, 1.54) is 13.1 Å². The first-order chi connectivity index (χ1) is 9.15. The molecule has 0 unspecified atom stereocenters. The zero-order valence-electron chi connectivity index (χ0n) is 10.4. The molecule has 0 aliphatic heterocycles. The molecule has 1 aromatic carbocycles. The van der Waals surface area contributed by atoms with E-state index >= 15 is 0 Å². The lowest BCUT2D eigenvalue weighted by Gasteiger charge is -2.07. The predicted molar refractivity (Wildman–Crippen MR) is 72.9 cm³/mol. The fourth-order valence-electron chi connectivity index (χ4n) is 1.55. The lowest BCUT2D eigenvalue weighted by molar-refractivity contribution is -0.114. The maximum absolute atomic E-state index is 11.9. The molecule has 2 amide bonds. The molecule has 0 saturated heterocycles. The summed E-state index contributed by atoms with van der Waals surface area (Å²) in [5, 5.41) is 5.30. The van der Waals surface area contributed by atoms with Crippen molar-refractivity contribution in [1.29, 1.82) is 0 Å². The number of carbonyl (C=O) groups excluding carboxylic acids is 2. The number of nitrogens with zero attached hydrogens (tertiary/aromatic N) is 1. The molecule has 0 aliphatic carbocycles. The van der Waals surface area contributed by atoms with Crippen molar-refractivity contribution in [3.05, 3.63) is 54.2 Å². The zero-order valence-corrected chi connectivity index (χ0v) is 10.4. The van der Waals surface area contributed by atoms with Gasteiger partial charge in [0.15, 0.2) is 0 Å². The van der Waals surface area contributed by atoms with Crippen LogP contribution in [0.4, 0.5) is 11.5 Å². The molecule has 2 N–H and O–H groups in total. The Labute approximate surface area is 110 Å². The fourth-order valence-corrected chi connectivity index (χ4v) is 1.55. The quantitative estimate of drug-likeness (QED) is 0.884. The first kappa shape index (κ1) is 12.8. The Morgan fingerprint density at radius 1 is 1.05 bits per heavy atom. The number of benzene rings is 1. The molecule has 0 bridgehead atoms. The van der Waals surface area contributed by atoms with Crippen molar-refractivity contribution in [2.75, 3.05) is 10.6 Å². The molecule has 0 spiro atoms. The van der Waals surface area contributed by atoms with Gasteiger partial charge in [0.2, 0.25) is 5.91 Å². The topological polar surface area (TPSA) is 71.1 Å². The second-order valence-corrected chi connectivity index (χ2v) is 3.93. The normalized spacial score (nSPS) is 9.74. The minimum Gasteiger partial charge on any atom is -0.322 e. The van der Waals surface area contributed by atoms with E-state index in [0.29, 0.717) is 17.1 Å². The summed E-state index contributed by atoms with van der Waals surface area (Å²) in [4.78, 5) is 26.8. The van der Waals surface area contributed by atoms with E-state index in [9.17, 15) is 9.59 Å². The molecule has 0 atom stereocenters. The highest BCUT2D eigenvalue weighted by Crippen LogP contribution is 2.13. The summed E-state index contributed by atoms with van der Waals surface area (Å²) in [6.45, 7) is 1.40. The molecule has 0 aliphatic rings. The first-order valence-corrected chi connectivity index (χ1v) is 5.75. The molecule has 2 aromatic rings. The smallest absolute Gasteiger partial charge is 0.255 e. The number of aromatic nitrogens is 1. The Bertz CT molecular complexity index is 597. The number of hydrogen-bond acceptors (Lipinski definition) is 3. The van der Waals surface area contributed by atoms with Crippen LogP contribution in [-0.4, -0.2) is 16.8 Å². The minimum absolute atomic E-state index is 0.208. The number of pyridine rings is 1. The summed E-state index contributed by atoms with van der Waals surface area (Å²) in [6, 6.07) is 12.2. The zero-order chi connectivity index (χ0) is 13.7. The molecule has 0 radical (unpaired) electrons. The second kappa shape index (κ2) is 5.77. The largest absolute Gasteiger partial charge is 0.322 e. The Hall–Kier alpha value is -2.69. The summed E-state index contributed by atoms with van der Waals surface area (Å²) in [5.74, 6) is -0.0158. The highest BCUT2D eigenvalue weighted by atomic mass is 16.2. The summed E-state index contributed by atoms with van der Waals surface area (Å²) in [5.41, 5.74) is 1.15. The molecular formula is C14H13N3O2. The van der Waals surface area contributed by atoms with Gasteiger partial charge in [0, 0.05) is 30.4 Å². The van der Waals surface area contributed by atoms with Crippen LogP contribution in [0.1, 0.15) is 17.3 Å². The van der Waals surface area contributed by atoms with Crippen LogP contribution in [0.5, 0.6) is 0 Å². The lowest BCUT2D eigenvalue weighted by Crippen LogP contribution is -2.13. The van der Waals surface area contributed by atoms with Gasteiger partial charge in [-0.3, -0.25) is 9.59 Å². The van der Waals surface area contributed by atoms with Crippen LogP contribution in [-0.2, 0) is 4.79 Å². The number of hydrogen-bond donors (Lipinski definition) is 2. The van der Waals surface area contributed by atoms with Gasteiger partial charge in [0.25, 0.3) is 5.91 Å². The van der Waals surface area contributed by atoms with Crippen LogP contribution in [0, 0.1) is 0 Å². The molecule has 96 valence electrons. The molecule has 5 heteroatoms. The van der Waals surface area contributed by atoms with Gasteiger partial charge in [-0.05, 0) is 18.2 Å². The van der Waals surface area contributed by atoms with Gasteiger partial charge in [-0.25, -0.2) is 4.98 Å². The van der Waals surface area contributed by atoms with Gasteiger partial charge in [0.1, 0.15) is 5.82 Å². The summed E-state index contributed by atoms with van der Waals surface area (Å²) in [7, 11) is 0. The van der Waals surface area contributed by atoms with E-state index in [4.69, 9.17) is 0 Å². The number of anilines is 2. The number of nitrogens with one attached hydrogen (secondary N) is 2. The van der Waals surface area contributed by atoms with Gasteiger partial charge in [0.05, 0.1) is 0 Å². The van der Waals surface area contributed by atoms with E-state index in [1.54, 1.807) is 36.4 Å². The van der Waals surface area contributed by atoms with Gasteiger partial charge in [-0.1, -0.05) is 18.2 Å². The molecule has 0 fully saturated rings. The minimum atomic E-state index is -0.209. The molecular weight excluding hydrogens is 242 g/mol. The van der Waals surface area contributed by atoms with Crippen molar-refractivity contribution in [1.82, 2.24) is 4.98 Å². The van der Waals surface area contributed by atoms with Gasteiger partial charge >= 0.3 is 0 Å². The Morgan fingerprint density at radius 2 is 1.79 bits per heavy atom. The molecule has 5 nitrogen and oxygen atoms in total. The van der Waals surface area contributed by atoms with E-state index in [-0.39, 0.29) is 11.8 Å². The fraction of sp³-hybridized carbons (Fsp3) is 0.0714. The second-order valence-electron chi connectivity index (χ2n) is 3.93. The molecule has 1 heterocycles. The summed E-state index contributed by atoms with van der Waals surface area (Å²) in [6.07, 6.45) is 1.52. The van der Waals surface area contributed by atoms with Crippen LogP contribution >= 0.6 is 0 Å². The molecule has 2 rings (SSSR count). The van der Waals surface area contributed by atoms with Crippen LogP contribution in [0.3, 0.4) is 0 Å². The van der Waals surface area contributed by atoms with Crippen LogP contribution in [0.25, 0.3) is 0 Å². The maximum Gasteiger partial charge on any atom is 0.255 e. The Balaban J connectivity index is 2.11. The third kappa shape index (κ3) is 3.64. The van der Waals surface area contributed by atoms with E-state index < -0.39 is 0 Å². The maximum atomic E-state index is 11.9. The predicted octanol–water partition coefficient (Wildman–Crippen LogP) is 2.29. The van der Waals surface area contributed by atoms with Crippen molar-refractivity contribution in [3.63, 3.8) is 0 Å². The highest BCUT2D eigenvalue weighted by molar-refractivity contribution is 6.04. The Kier molecular flexibility index (Phi) is 3.87. The van der Waals surface area contributed by atoms with Crippen LogP contribution in [0.2, 0.25) is 0 Å². The summed E-state index contributed by atoms with van der Waals surface area (Å²) >= 11 is 0. The number of carbonyl (C=O) groups is 2. The van der Waals surface area contributed by atoms with Crippen LogP contribution < -0.4 is 10.6 Å². The van der Waals surface area contributed by atoms with Gasteiger partial charge in [-0.15, -0.1) is 0 Å². The average Bonchev–Trinajstić information content (AvgIpc) is 2.39. The number of amides is 2. The van der Waals surface area contributed by atoms with Crippen molar-refractivity contribution < 1.29 is 9.59 Å². The van der Waals surface area contributed by atoms with Crippen molar-refractivity contribution in [2.24, 2.45) is 0 Å². The van der Waals surface area contributed by atoms with E-state index in [0.717, 1.165) is 0 Å². The monoisotopic (exact) mass is 255 g/mol.